The van der Waals surface area contributed by atoms with Crippen LogP contribution in [0, 0.1) is 0 Å². The van der Waals surface area contributed by atoms with Gasteiger partial charge in [0.2, 0.25) is 17.4 Å². The summed E-state index contributed by atoms with van der Waals surface area (Å²) in [7, 11) is 10.6. The van der Waals surface area contributed by atoms with Crippen molar-refractivity contribution in [3.63, 3.8) is 0 Å². The summed E-state index contributed by atoms with van der Waals surface area (Å²) >= 11 is 4.52. The Hall–Kier alpha value is -5.73. The number of carbonyl (C=O) groups excluding carboxylic acids is 2. The Balaban J connectivity index is 0.000000406. The molecule has 2 N–H and O–H groups in total. The normalized spacial score (nSPS) is 10.5. The van der Waals surface area contributed by atoms with Crippen LogP contribution in [0.5, 0.6) is 34.5 Å². The number of fused-ring (bicyclic) bond motifs is 1. The molecule has 0 unspecified atom stereocenters. The largest absolute Gasteiger partial charge is 0.493 e. The molecule has 16 heteroatoms. The summed E-state index contributed by atoms with van der Waals surface area (Å²) in [5.74, 6) is 3.15. The maximum absolute atomic E-state index is 12.1. The van der Waals surface area contributed by atoms with Gasteiger partial charge in [0, 0.05) is 43.0 Å². The number of hydrogen-bond donors (Lipinski definition) is 2. The van der Waals surface area contributed by atoms with Crippen LogP contribution in [-0.4, -0.2) is 88.7 Å². The first-order valence-electron chi connectivity index (χ1n) is 15.9. The van der Waals surface area contributed by atoms with E-state index in [1.54, 1.807) is 78.0 Å². The lowest BCUT2D eigenvalue weighted by Gasteiger charge is -2.19. The number of imidazole rings is 1. The Bertz CT molecular complexity index is 1850. The number of aromatic nitrogens is 2. The molecule has 280 valence electrons. The molecule has 0 saturated carbocycles. The lowest BCUT2D eigenvalue weighted by molar-refractivity contribution is 0.0525. The van der Waals surface area contributed by atoms with Crippen molar-refractivity contribution in [1.29, 1.82) is 0 Å². The average Bonchev–Trinajstić information content (AvgIpc) is 3.47. The lowest BCUT2D eigenvalue weighted by atomic mass is 10.2. The van der Waals surface area contributed by atoms with Crippen molar-refractivity contribution in [1.82, 2.24) is 14.9 Å². The van der Waals surface area contributed by atoms with E-state index in [0.717, 1.165) is 5.52 Å². The first kappa shape index (κ1) is 40.7. The number of methoxy groups -OCH3 is 7. The van der Waals surface area contributed by atoms with Gasteiger partial charge < -0.3 is 53.1 Å². The summed E-state index contributed by atoms with van der Waals surface area (Å²) in [4.78, 5) is 32.7. The quantitative estimate of drug-likeness (QED) is 0.0592. The van der Waals surface area contributed by atoms with Crippen molar-refractivity contribution >= 4 is 57.8 Å². The first-order chi connectivity index (χ1) is 24.9. The molecule has 0 aliphatic carbocycles. The molecule has 0 atom stereocenters. The van der Waals surface area contributed by atoms with Crippen LogP contribution in [0.1, 0.15) is 37.6 Å². The number of aryl methyl sites for hydroxylation is 1. The lowest BCUT2D eigenvalue weighted by Crippen LogP contribution is -2.33. The van der Waals surface area contributed by atoms with Gasteiger partial charge in [0.05, 0.1) is 77.2 Å². The summed E-state index contributed by atoms with van der Waals surface area (Å²) in [5, 5.41) is 8.36. The Morgan fingerprint density at radius 2 is 1.38 bits per heavy atom. The van der Waals surface area contributed by atoms with Gasteiger partial charge >= 0.3 is 12.1 Å². The summed E-state index contributed by atoms with van der Waals surface area (Å²) in [6.45, 7) is 6.30. The standard InChI is InChI=1S/C26H34N4O7.C10H11NO3S/c1-26(2,3)37-25(32)27-11-8-12-30-19-13-16(23(31)36-7)9-10-18(19)29-24(30)28-17-14-20(33-4)22(35-6)21(15-17)34-5;1-12-8-4-7(11-6-15)5-9(13-2)10(8)14-3/h9-10,13-15H,8,11-12H2,1-7H3,(H,27,32)(H,28,29);4-5H,1-3H3. The number of benzene rings is 3. The maximum atomic E-state index is 12.1. The number of nitrogens with zero attached hydrogens (tertiary/aromatic N) is 3. The van der Waals surface area contributed by atoms with Gasteiger partial charge in [0.25, 0.3) is 0 Å². The minimum absolute atomic E-state index is 0.384. The molecule has 0 aliphatic rings. The molecule has 4 aromatic rings. The van der Waals surface area contributed by atoms with Gasteiger partial charge in [-0.2, -0.15) is 4.99 Å². The number of anilines is 2. The minimum Gasteiger partial charge on any atom is -0.493 e. The fraction of sp³-hybridized carbons (Fsp3) is 0.389. The van der Waals surface area contributed by atoms with Crippen LogP contribution in [0.25, 0.3) is 11.0 Å². The molecule has 1 heterocycles. The number of isothiocyanates is 1. The van der Waals surface area contributed by atoms with Crippen LogP contribution in [0.4, 0.5) is 22.1 Å². The van der Waals surface area contributed by atoms with Crippen molar-refractivity contribution in [2.45, 2.75) is 39.3 Å². The highest BCUT2D eigenvalue weighted by molar-refractivity contribution is 7.78. The SMILES string of the molecule is COC(=O)c1ccc2nc(Nc3cc(OC)c(OC)c(OC)c3)n(CCCNC(=O)OC(C)(C)C)c2c1.COc1cc(N=C=S)cc(OC)c1OC. The summed E-state index contributed by atoms with van der Waals surface area (Å²) in [6, 6.07) is 12.1. The number of carbonyl (C=O) groups is 2. The zero-order chi connectivity index (χ0) is 38.4. The van der Waals surface area contributed by atoms with E-state index in [1.807, 2.05) is 25.3 Å². The molecule has 0 spiro atoms. The highest BCUT2D eigenvalue weighted by Crippen LogP contribution is 2.42. The van der Waals surface area contributed by atoms with Gasteiger partial charge in [-0.1, -0.05) is 0 Å². The van der Waals surface area contributed by atoms with E-state index in [4.69, 9.17) is 42.9 Å². The van der Waals surface area contributed by atoms with Gasteiger partial charge in [0.15, 0.2) is 23.0 Å². The second-order valence-electron chi connectivity index (χ2n) is 11.7. The number of amides is 1. The third kappa shape index (κ3) is 10.6. The van der Waals surface area contributed by atoms with Crippen molar-refractivity contribution < 1.29 is 47.5 Å². The van der Waals surface area contributed by atoms with E-state index in [1.165, 1.54) is 14.2 Å². The van der Waals surface area contributed by atoms with E-state index in [0.29, 0.717) is 82.4 Å². The number of ether oxygens (including phenoxy) is 8. The Labute approximate surface area is 308 Å². The Morgan fingerprint density at radius 1 is 0.827 bits per heavy atom. The molecule has 1 amide bonds. The maximum Gasteiger partial charge on any atom is 0.407 e. The second kappa shape index (κ2) is 19.0. The van der Waals surface area contributed by atoms with E-state index in [-0.39, 0.29) is 0 Å². The van der Waals surface area contributed by atoms with Crippen LogP contribution in [-0.2, 0) is 16.0 Å². The Kier molecular flexibility index (Phi) is 14.9. The predicted octanol–water partition coefficient (Wildman–Crippen LogP) is 6.95. The Morgan fingerprint density at radius 3 is 1.87 bits per heavy atom. The minimum atomic E-state index is -0.577. The third-order valence-corrected chi connectivity index (χ3v) is 7.23. The smallest absolute Gasteiger partial charge is 0.407 e. The number of nitrogens with one attached hydrogen (secondary N) is 2. The van der Waals surface area contributed by atoms with E-state index >= 15 is 0 Å². The van der Waals surface area contributed by atoms with Crippen molar-refractivity contribution in [2.24, 2.45) is 4.99 Å². The van der Waals surface area contributed by atoms with Gasteiger partial charge in [-0.25, -0.2) is 14.6 Å². The molecule has 0 bridgehead atoms. The topological polar surface area (TPSA) is 162 Å². The van der Waals surface area contributed by atoms with Crippen molar-refractivity contribution in [3.8, 4) is 34.5 Å². The van der Waals surface area contributed by atoms with Crippen LogP contribution in [0.3, 0.4) is 0 Å². The highest BCUT2D eigenvalue weighted by atomic mass is 32.1. The van der Waals surface area contributed by atoms with Gasteiger partial charge in [-0.3, -0.25) is 0 Å². The zero-order valence-corrected chi connectivity index (χ0v) is 31.8. The number of aliphatic imine (C=N–C) groups is 1. The molecular formula is C36H45N5O10S. The molecule has 4 rings (SSSR count). The van der Waals surface area contributed by atoms with Crippen LogP contribution in [0.15, 0.2) is 47.5 Å². The van der Waals surface area contributed by atoms with Crippen molar-refractivity contribution in [2.75, 3.05) is 61.6 Å². The van der Waals surface area contributed by atoms with Crippen LogP contribution >= 0.6 is 12.2 Å². The van der Waals surface area contributed by atoms with Gasteiger partial charge in [-0.15, -0.1) is 0 Å². The molecule has 15 nitrogen and oxygen atoms in total. The molecule has 3 aromatic carbocycles. The van der Waals surface area contributed by atoms with Gasteiger partial charge in [0.1, 0.15) is 5.60 Å². The molecule has 52 heavy (non-hydrogen) atoms. The fourth-order valence-electron chi connectivity index (χ4n) is 4.90. The van der Waals surface area contributed by atoms with Gasteiger partial charge in [-0.05, 0) is 57.6 Å². The monoisotopic (exact) mass is 739 g/mol. The molecule has 1 aromatic heterocycles. The van der Waals surface area contributed by atoms with Crippen molar-refractivity contribution in [3.05, 3.63) is 48.0 Å². The zero-order valence-electron chi connectivity index (χ0n) is 31.0. The number of rotatable bonds is 14. The second-order valence-corrected chi connectivity index (χ2v) is 11.9. The fourth-order valence-corrected chi connectivity index (χ4v) is 5.00. The van der Waals surface area contributed by atoms with E-state index < -0.39 is 17.7 Å². The number of esters is 1. The molecule has 0 aliphatic heterocycles. The summed E-state index contributed by atoms with van der Waals surface area (Å²) < 4.78 is 43.9. The molecule has 0 radical (unpaired) electrons. The van der Waals surface area contributed by atoms with Crippen LogP contribution in [0.2, 0.25) is 0 Å². The third-order valence-electron chi connectivity index (χ3n) is 7.14. The first-order valence-corrected chi connectivity index (χ1v) is 16.3. The van der Waals surface area contributed by atoms with Crippen LogP contribution < -0.4 is 39.1 Å². The highest BCUT2D eigenvalue weighted by Gasteiger charge is 2.19. The number of hydrogen-bond acceptors (Lipinski definition) is 14. The molecule has 0 fully saturated rings. The number of thiocarbonyl (C=S) groups is 1. The van der Waals surface area contributed by atoms with E-state index in [9.17, 15) is 9.59 Å². The van der Waals surface area contributed by atoms with E-state index in [2.05, 4.69) is 33.0 Å². The molecular weight excluding hydrogens is 694 g/mol. The summed E-state index contributed by atoms with van der Waals surface area (Å²) in [5.41, 5.74) is 2.51. The number of alkyl carbamates (subject to hydrolysis) is 1. The summed E-state index contributed by atoms with van der Waals surface area (Å²) in [6.07, 6.45) is 0.101. The molecule has 0 saturated heterocycles. The predicted molar refractivity (Wildman–Crippen MR) is 200 cm³/mol. The average molecular weight is 740 g/mol.